The highest BCUT2D eigenvalue weighted by Gasteiger charge is 2.26. The van der Waals surface area contributed by atoms with Crippen LogP contribution in [0, 0.1) is 0 Å². The lowest BCUT2D eigenvalue weighted by molar-refractivity contribution is 1.16. The Labute approximate surface area is 370 Å². The molecule has 0 saturated carbocycles. The molecular weight excluding hydrogens is 791 g/mol. The maximum absolute atomic E-state index is 2.56. The average molecular weight is 826 g/mol. The van der Waals surface area contributed by atoms with Gasteiger partial charge in [-0.2, -0.15) is 0 Å². The number of hydrogen-bond acceptors (Lipinski definition) is 0. The number of aromatic nitrogens is 5. The van der Waals surface area contributed by atoms with Crippen LogP contribution < -0.4 is 0 Å². The minimum Gasteiger partial charge on any atom is -0.309 e. The molecule has 16 rings (SSSR count). The Morgan fingerprint density at radius 1 is 0.200 bits per heavy atom. The van der Waals surface area contributed by atoms with Gasteiger partial charge in [-0.1, -0.05) is 121 Å². The molecule has 16 aromatic rings. The Kier molecular flexibility index (Phi) is 6.24. The first-order valence-electron chi connectivity index (χ1n) is 22.4. The second kappa shape index (κ2) is 12.0. The second-order valence-electron chi connectivity index (χ2n) is 17.7. The summed E-state index contributed by atoms with van der Waals surface area (Å²) in [6.45, 7) is 0. The molecule has 0 bridgehead atoms. The highest BCUT2D eigenvalue weighted by atomic mass is 15.0. The van der Waals surface area contributed by atoms with Gasteiger partial charge in [-0.05, 0) is 91.0 Å². The monoisotopic (exact) mass is 825 g/mol. The van der Waals surface area contributed by atoms with Crippen molar-refractivity contribution in [1.29, 1.82) is 0 Å². The van der Waals surface area contributed by atoms with E-state index in [1.54, 1.807) is 0 Å². The number of rotatable bonds is 3. The van der Waals surface area contributed by atoms with Crippen LogP contribution >= 0.6 is 0 Å². The van der Waals surface area contributed by atoms with Gasteiger partial charge in [-0.15, -0.1) is 0 Å². The Morgan fingerprint density at radius 3 is 1.34 bits per heavy atom. The third kappa shape index (κ3) is 4.14. The van der Waals surface area contributed by atoms with Gasteiger partial charge in [0.25, 0.3) is 0 Å². The SMILES string of the molecule is c1ccc(-n2c3ccccc3c3cc(-n4c5ccccc5c5cc6c7cccc8c7n(c6cc54)c4cccc5c6c7c(ccc6n8c54)c4ccccc4n7-c4ccccc4)ccc32)cc1. The predicted molar refractivity (Wildman–Crippen MR) is 273 cm³/mol. The molecule has 0 fully saturated rings. The summed E-state index contributed by atoms with van der Waals surface area (Å²) in [5.41, 5.74) is 18.0. The van der Waals surface area contributed by atoms with Gasteiger partial charge in [0, 0.05) is 70.9 Å². The van der Waals surface area contributed by atoms with E-state index in [-0.39, 0.29) is 0 Å². The summed E-state index contributed by atoms with van der Waals surface area (Å²) in [5.74, 6) is 0. The quantitative estimate of drug-likeness (QED) is 0.159. The van der Waals surface area contributed by atoms with Crippen molar-refractivity contribution in [2.75, 3.05) is 0 Å². The van der Waals surface area contributed by atoms with Crippen LogP contribution in [-0.2, 0) is 0 Å². The minimum absolute atomic E-state index is 1.15. The number of fused-ring (bicyclic) bond motifs is 18. The summed E-state index contributed by atoms with van der Waals surface area (Å²) in [6.07, 6.45) is 0. The molecule has 5 heteroatoms. The lowest BCUT2D eigenvalue weighted by Crippen LogP contribution is -1.97. The number of para-hydroxylation sites is 7. The van der Waals surface area contributed by atoms with E-state index in [0.717, 1.165) is 17.1 Å². The molecule has 300 valence electrons. The zero-order valence-electron chi connectivity index (χ0n) is 34.9. The van der Waals surface area contributed by atoms with Gasteiger partial charge in [0.2, 0.25) is 0 Å². The zero-order valence-corrected chi connectivity index (χ0v) is 34.9. The zero-order chi connectivity index (χ0) is 42.1. The number of nitrogens with zero attached hydrogens (tertiary/aromatic N) is 5. The molecule has 0 atom stereocenters. The second-order valence-corrected chi connectivity index (χ2v) is 17.7. The topological polar surface area (TPSA) is 23.6 Å². The number of benzene rings is 10. The van der Waals surface area contributed by atoms with Crippen molar-refractivity contribution in [3.63, 3.8) is 0 Å². The van der Waals surface area contributed by atoms with E-state index in [1.807, 2.05) is 0 Å². The predicted octanol–water partition coefficient (Wildman–Crippen LogP) is 15.5. The van der Waals surface area contributed by atoms with Crippen LogP contribution in [0.2, 0.25) is 0 Å². The molecule has 0 aliphatic heterocycles. The van der Waals surface area contributed by atoms with Crippen molar-refractivity contribution < 1.29 is 0 Å². The number of hydrogen-bond donors (Lipinski definition) is 0. The van der Waals surface area contributed by atoms with Crippen molar-refractivity contribution in [3.05, 3.63) is 212 Å². The van der Waals surface area contributed by atoms with Gasteiger partial charge in [-0.3, -0.25) is 0 Å². The molecule has 0 unspecified atom stereocenters. The first-order chi connectivity index (χ1) is 32.3. The molecule has 0 N–H and O–H groups in total. The Bertz CT molecular complexity index is 4690. The van der Waals surface area contributed by atoms with E-state index in [9.17, 15) is 0 Å². The Hall–Kier alpha value is -8.80. The maximum Gasteiger partial charge on any atom is 0.0784 e. The van der Waals surface area contributed by atoms with E-state index in [2.05, 4.69) is 235 Å². The molecule has 0 amide bonds. The van der Waals surface area contributed by atoms with Gasteiger partial charge < -0.3 is 22.5 Å². The van der Waals surface area contributed by atoms with Crippen LogP contribution in [0.3, 0.4) is 0 Å². The van der Waals surface area contributed by atoms with Crippen LogP contribution in [-0.4, -0.2) is 22.5 Å². The van der Waals surface area contributed by atoms with Gasteiger partial charge in [-0.25, -0.2) is 0 Å². The van der Waals surface area contributed by atoms with Crippen molar-refractivity contribution in [3.8, 4) is 17.1 Å². The van der Waals surface area contributed by atoms with Crippen LogP contribution in [0.1, 0.15) is 0 Å². The fraction of sp³-hybridized carbons (Fsp3) is 0. The molecule has 6 aromatic heterocycles. The first kappa shape index (κ1) is 33.8. The third-order valence-electron chi connectivity index (χ3n) is 14.5. The average Bonchev–Trinajstić information content (AvgIpc) is 4.15. The molecule has 0 spiro atoms. The summed E-state index contributed by atoms with van der Waals surface area (Å²) in [6, 6.07) is 78.6. The molecule has 0 aliphatic carbocycles. The molecule has 6 heterocycles. The summed E-state index contributed by atoms with van der Waals surface area (Å²) in [7, 11) is 0. The molecular formula is C60H35N5. The van der Waals surface area contributed by atoms with Crippen LogP contribution in [0.15, 0.2) is 212 Å². The molecule has 0 radical (unpaired) electrons. The summed E-state index contributed by atoms with van der Waals surface area (Å²) >= 11 is 0. The Morgan fingerprint density at radius 2 is 0.646 bits per heavy atom. The summed E-state index contributed by atoms with van der Waals surface area (Å²) in [5, 5.41) is 12.6. The van der Waals surface area contributed by atoms with Gasteiger partial charge in [0.05, 0.1) is 66.2 Å². The normalized spacial score (nSPS) is 12.6. The summed E-state index contributed by atoms with van der Waals surface area (Å²) in [4.78, 5) is 0. The van der Waals surface area contributed by atoms with Crippen LogP contribution in [0.25, 0.3) is 137 Å². The molecule has 0 aliphatic rings. The minimum atomic E-state index is 1.15. The Balaban J connectivity index is 1.04. The molecule has 65 heavy (non-hydrogen) atoms. The van der Waals surface area contributed by atoms with Crippen molar-refractivity contribution in [2.45, 2.75) is 0 Å². The molecule has 10 aromatic carbocycles. The van der Waals surface area contributed by atoms with Gasteiger partial charge in [0.15, 0.2) is 0 Å². The van der Waals surface area contributed by atoms with Crippen LogP contribution in [0.4, 0.5) is 0 Å². The standard InChI is InChI=1S/C60H35N5/c1-3-15-36(16-4-1)61-48-24-10-8-20-40(48)45-33-38(29-31-51(45)61)62-49-25-11-9-21-41(49)46-34-47-42-22-13-27-53-58(42)65(56(47)35-55(46)62)54-28-14-23-44-57-52(64(53)59(44)54)32-30-43-39-19-7-12-26-50(39)63(60(43)57)37-17-5-2-6-18-37/h1-35H. The lowest BCUT2D eigenvalue weighted by Gasteiger charge is -2.12. The van der Waals surface area contributed by atoms with Crippen molar-refractivity contribution >= 4 is 120 Å². The highest BCUT2D eigenvalue weighted by molar-refractivity contribution is 6.30. The third-order valence-corrected chi connectivity index (χ3v) is 14.5. The van der Waals surface area contributed by atoms with E-state index < -0.39 is 0 Å². The smallest absolute Gasteiger partial charge is 0.0784 e. The lowest BCUT2D eigenvalue weighted by atomic mass is 10.1. The van der Waals surface area contributed by atoms with Crippen LogP contribution in [0.5, 0.6) is 0 Å². The fourth-order valence-corrected chi connectivity index (χ4v) is 12.0. The first-order valence-corrected chi connectivity index (χ1v) is 22.4. The fourth-order valence-electron chi connectivity index (χ4n) is 12.0. The largest absolute Gasteiger partial charge is 0.309 e. The van der Waals surface area contributed by atoms with Gasteiger partial charge >= 0.3 is 0 Å². The molecule has 0 saturated heterocycles. The summed E-state index contributed by atoms with van der Waals surface area (Å²) < 4.78 is 12.5. The van der Waals surface area contributed by atoms with E-state index in [0.29, 0.717) is 0 Å². The highest BCUT2D eigenvalue weighted by Crippen LogP contribution is 2.46. The van der Waals surface area contributed by atoms with Gasteiger partial charge in [0.1, 0.15) is 0 Å². The van der Waals surface area contributed by atoms with E-state index >= 15 is 0 Å². The molecule has 5 nitrogen and oxygen atoms in total. The van der Waals surface area contributed by atoms with E-state index in [1.165, 1.54) is 120 Å². The maximum atomic E-state index is 2.56. The van der Waals surface area contributed by atoms with Crippen molar-refractivity contribution in [2.24, 2.45) is 0 Å². The van der Waals surface area contributed by atoms with Crippen molar-refractivity contribution in [1.82, 2.24) is 22.5 Å². The van der Waals surface area contributed by atoms with E-state index in [4.69, 9.17) is 0 Å².